The summed E-state index contributed by atoms with van der Waals surface area (Å²) >= 11 is 1.34. The van der Waals surface area contributed by atoms with Crippen molar-refractivity contribution in [2.24, 2.45) is 0 Å². The summed E-state index contributed by atoms with van der Waals surface area (Å²) in [7, 11) is 3.22. The molecule has 3 aromatic rings. The molecule has 0 bridgehead atoms. The SMILES string of the molecule is COc1ccc(NC(=O)CSc2nnc(C(C)Oc3cccc(OC)c3)n2C(C)C)cc1. The van der Waals surface area contributed by atoms with Gasteiger partial charge in [0.05, 0.1) is 20.0 Å². The molecule has 0 aliphatic rings. The van der Waals surface area contributed by atoms with Crippen LogP contribution in [0.15, 0.2) is 53.7 Å². The van der Waals surface area contributed by atoms with Crippen molar-refractivity contribution in [3.8, 4) is 17.2 Å². The van der Waals surface area contributed by atoms with Crippen LogP contribution >= 0.6 is 11.8 Å². The van der Waals surface area contributed by atoms with Gasteiger partial charge in [0.1, 0.15) is 17.2 Å². The maximum absolute atomic E-state index is 12.4. The van der Waals surface area contributed by atoms with E-state index in [0.29, 0.717) is 22.4 Å². The number of amides is 1. The standard InChI is InChI=1S/C23H28N4O4S/c1-15(2)27-22(16(3)31-20-8-6-7-19(13-20)30-5)25-26-23(27)32-14-21(28)24-17-9-11-18(29-4)12-10-17/h6-13,15-16H,14H2,1-5H3,(H,24,28). The lowest BCUT2D eigenvalue weighted by Gasteiger charge is -2.19. The third-order valence-corrected chi connectivity index (χ3v) is 5.57. The van der Waals surface area contributed by atoms with Gasteiger partial charge in [-0.25, -0.2) is 0 Å². The van der Waals surface area contributed by atoms with Crippen LogP contribution in [0, 0.1) is 0 Å². The average Bonchev–Trinajstić information content (AvgIpc) is 3.23. The van der Waals surface area contributed by atoms with Gasteiger partial charge in [-0.05, 0) is 57.2 Å². The molecule has 0 aliphatic carbocycles. The van der Waals surface area contributed by atoms with E-state index in [1.54, 1.807) is 38.5 Å². The van der Waals surface area contributed by atoms with Crippen molar-refractivity contribution in [3.63, 3.8) is 0 Å². The van der Waals surface area contributed by atoms with E-state index in [1.165, 1.54) is 11.8 Å². The monoisotopic (exact) mass is 456 g/mol. The first kappa shape index (κ1) is 23.5. The Morgan fingerprint density at radius 1 is 1.00 bits per heavy atom. The predicted octanol–water partition coefficient (Wildman–Crippen LogP) is 4.75. The second-order valence-corrected chi connectivity index (χ2v) is 8.25. The van der Waals surface area contributed by atoms with Crippen molar-refractivity contribution >= 4 is 23.4 Å². The molecule has 0 aliphatic heterocycles. The Morgan fingerprint density at radius 2 is 1.69 bits per heavy atom. The lowest BCUT2D eigenvalue weighted by molar-refractivity contribution is -0.113. The Labute approximate surface area is 192 Å². The highest BCUT2D eigenvalue weighted by Gasteiger charge is 2.22. The molecule has 0 saturated carbocycles. The first-order valence-corrected chi connectivity index (χ1v) is 11.2. The van der Waals surface area contributed by atoms with Crippen LogP contribution < -0.4 is 19.5 Å². The fourth-order valence-electron chi connectivity index (χ4n) is 3.08. The fraction of sp³-hybridized carbons (Fsp3) is 0.348. The molecule has 1 aromatic heterocycles. The van der Waals surface area contributed by atoms with Gasteiger partial charge in [-0.15, -0.1) is 10.2 Å². The van der Waals surface area contributed by atoms with Gasteiger partial charge in [-0.2, -0.15) is 0 Å². The van der Waals surface area contributed by atoms with Crippen LogP contribution in [0.2, 0.25) is 0 Å². The van der Waals surface area contributed by atoms with Crippen molar-refractivity contribution < 1.29 is 19.0 Å². The molecule has 0 saturated heterocycles. The van der Waals surface area contributed by atoms with Crippen LogP contribution in [0.5, 0.6) is 17.2 Å². The number of hydrogen-bond donors (Lipinski definition) is 1. The largest absolute Gasteiger partial charge is 0.497 e. The van der Waals surface area contributed by atoms with Crippen LogP contribution in [0.25, 0.3) is 0 Å². The molecule has 2 aromatic carbocycles. The number of nitrogens with one attached hydrogen (secondary N) is 1. The number of anilines is 1. The number of hydrogen-bond acceptors (Lipinski definition) is 7. The van der Waals surface area contributed by atoms with E-state index in [1.807, 2.05) is 49.6 Å². The summed E-state index contributed by atoms with van der Waals surface area (Å²) in [5.74, 6) is 2.92. The minimum atomic E-state index is -0.334. The van der Waals surface area contributed by atoms with E-state index in [4.69, 9.17) is 14.2 Å². The number of benzene rings is 2. The second kappa shape index (κ2) is 10.9. The molecule has 170 valence electrons. The fourth-order valence-corrected chi connectivity index (χ4v) is 3.96. The number of ether oxygens (including phenoxy) is 3. The average molecular weight is 457 g/mol. The van der Waals surface area contributed by atoms with Crippen LogP contribution in [0.3, 0.4) is 0 Å². The van der Waals surface area contributed by atoms with Gasteiger partial charge in [0.15, 0.2) is 17.1 Å². The summed E-state index contributed by atoms with van der Waals surface area (Å²) in [6.45, 7) is 6.02. The summed E-state index contributed by atoms with van der Waals surface area (Å²) in [5.41, 5.74) is 0.711. The predicted molar refractivity (Wildman–Crippen MR) is 125 cm³/mol. The van der Waals surface area contributed by atoms with Gasteiger partial charge in [0.2, 0.25) is 5.91 Å². The van der Waals surface area contributed by atoms with Crippen molar-refractivity contribution in [1.82, 2.24) is 14.8 Å². The van der Waals surface area contributed by atoms with Crippen molar-refractivity contribution in [2.75, 3.05) is 25.3 Å². The zero-order chi connectivity index (χ0) is 23.1. The molecule has 9 heteroatoms. The minimum Gasteiger partial charge on any atom is -0.497 e. The third-order valence-electron chi connectivity index (χ3n) is 4.63. The number of methoxy groups -OCH3 is 2. The molecule has 0 radical (unpaired) electrons. The molecule has 1 N–H and O–H groups in total. The van der Waals surface area contributed by atoms with Crippen LogP contribution in [-0.2, 0) is 4.79 Å². The molecular weight excluding hydrogens is 428 g/mol. The van der Waals surface area contributed by atoms with Gasteiger partial charge in [0.25, 0.3) is 0 Å². The summed E-state index contributed by atoms with van der Waals surface area (Å²) in [4.78, 5) is 12.4. The van der Waals surface area contributed by atoms with Gasteiger partial charge < -0.3 is 24.1 Å². The van der Waals surface area contributed by atoms with Gasteiger partial charge in [-0.1, -0.05) is 17.8 Å². The Kier molecular flexibility index (Phi) is 7.99. The lowest BCUT2D eigenvalue weighted by Crippen LogP contribution is -2.16. The number of rotatable bonds is 10. The Morgan fingerprint density at radius 3 is 2.34 bits per heavy atom. The molecular formula is C23H28N4O4S. The number of nitrogens with zero attached hydrogens (tertiary/aromatic N) is 3. The van der Waals surface area contributed by atoms with Gasteiger partial charge >= 0.3 is 0 Å². The summed E-state index contributed by atoms with van der Waals surface area (Å²) < 4.78 is 18.5. The van der Waals surface area contributed by atoms with Gasteiger partial charge in [0, 0.05) is 17.8 Å². The van der Waals surface area contributed by atoms with E-state index < -0.39 is 0 Å². The maximum Gasteiger partial charge on any atom is 0.234 e. The molecule has 3 rings (SSSR count). The molecule has 1 heterocycles. The number of thioether (sulfide) groups is 1. The molecule has 0 fully saturated rings. The van der Waals surface area contributed by atoms with Crippen molar-refractivity contribution in [1.29, 1.82) is 0 Å². The summed E-state index contributed by atoms with van der Waals surface area (Å²) in [5, 5.41) is 12.2. The highest BCUT2D eigenvalue weighted by Crippen LogP contribution is 2.29. The number of aromatic nitrogens is 3. The Hall–Kier alpha value is -3.20. The Balaban J connectivity index is 1.66. The first-order chi connectivity index (χ1) is 15.4. The van der Waals surface area contributed by atoms with E-state index in [0.717, 1.165) is 11.5 Å². The normalized spacial score (nSPS) is 11.8. The van der Waals surface area contributed by atoms with Crippen molar-refractivity contribution in [3.05, 3.63) is 54.4 Å². The zero-order valence-electron chi connectivity index (χ0n) is 18.9. The lowest BCUT2D eigenvalue weighted by atomic mass is 10.3. The van der Waals surface area contributed by atoms with E-state index in [9.17, 15) is 4.79 Å². The van der Waals surface area contributed by atoms with E-state index in [2.05, 4.69) is 15.5 Å². The van der Waals surface area contributed by atoms with E-state index >= 15 is 0 Å². The van der Waals surface area contributed by atoms with Crippen LogP contribution in [0.1, 0.15) is 38.7 Å². The second-order valence-electron chi connectivity index (χ2n) is 7.31. The number of carbonyl (C=O) groups excluding carboxylic acids is 1. The Bertz CT molecular complexity index is 1040. The molecule has 1 atom stereocenters. The summed E-state index contributed by atoms with van der Waals surface area (Å²) in [6, 6.07) is 14.7. The molecule has 1 amide bonds. The van der Waals surface area contributed by atoms with Crippen molar-refractivity contribution in [2.45, 2.75) is 38.1 Å². The smallest absolute Gasteiger partial charge is 0.234 e. The third kappa shape index (κ3) is 5.94. The highest BCUT2D eigenvalue weighted by molar-refractivity contribution is 7.99. The highest BCUT2D eigenvalue weighted by atomic mass is 32.2. The summed E-state index contributed by atoms with van der Waals surface area (Å²) in [6.07, 6.45) is -0.334. The van der Waals surface area contributed by atoms with Crippen LogP contribution in [-0.4, -0.2) is 40.6 Å². The van der Waals surface area contributed by atoms with E-state index in [-0.39, 0.29) is 23.8 Å². The zero-order valence-corrected chi connectivity index (χ0v) is 19.7. The molecule has 32 heavy (non-hydrogen) atoms. The first-order valence-electron chi connectivity index (χ1n) is 10.2. The number of carbonyl (C=O) groups is 1. The van der Waals surface area contributed by atoms with Crippen LogP contribution in [0.4, 0.5) is 5.69 Å². The quantitative estimate of drug-likeness (QED) is 0.441. The topological polar surface area (TPSA) is 87.5 Å². The minimum absolute atomic E-state index is 0.100. The molecule has 1 unspecified atom stereocenters. The molecule has 8 nitrogen and oxygen atoms in total. The maximum atomic E-state index is 12.4. The van der Waals surface area contributed by atoms with Gasteiger partial charge in [-0.3, -0.25) is 4.79 Å². The molecule has 0 spiro atoms.